The van der Waals surface area contributed by atoms with Gasteiger partial charge in [0.2, 0.25) is 0 Å². The van der Waals surface area contributed by atoms with Crippen LogP contribution in [0.1, 0.15) is 82.3 Å². The zero-order chi connectivity index (χ0) is 31.6. The molecule has 0 amide bonds. The van der Waals surface area contributed by atoms with E-state index in [4.69, 9.17) is 0 Å². The van der Waals surface area contributed by atoms with Gasteiger partial charge in [0.25, 0.3) is 0 Å². The Balaban J connectivity index is 1.59. The third kappa shape index (κ3) is 5.45. The van der Waals surface area contributed by atoms with Gasteiger partial charge in [0, 0.05) is 0 Å². The molecule has 0 saturated carbocycles. The van der Waals surface area contributed by atoms with Gasteiger partial charge in [-0.1, -0.05) is 0 Å². The van der Waals surface area contributed by atoms with Crippen molar-refractivity contribution < 1.29 is 20.6 Å². The zero-order valence-corrected chi connectivity index (χ0v) is 33.2. The van der Waals surface area contributed by atoms with Crippen molar-refractivity contribution in [3.63, 3.8) is 0 Å². The fourth-order valence-corrected chi connectivity index (χ4v) is 41.3. The SMILES string of the molecule is Cc1ccccc1-c1cccc2c1C=C(C(C)(C)C)[CH]2[Hf]([CH]1C(C(C)(C)C)=Cc2c(-c3ccccc3C)cccc21)[SiH](C)C. The predicted octanol–water partition coefficient (Wildman–Crippen LogP) is 11.9. The molecule has 4 aromatic rings. The summed E-state index contributed by atoms with van der Waals surface area (Å²) in [6.45, 7) is 24.7. The third-order valence-corrected chi connectivity index (χ3v) is 40.5. The number of allylic oxidation sites excluding steroid dienone is 2. The van der Waals surface area contributed by atoms with E-state index in [1.54, 1.807) is 22.3 Å². The van der Waals surface area contributed by atoms with Crippen LogP contribution >= 0.6 is 0 Å². The van der Waals surface area contributed by atoms with Crippen molar-refractivity contribution >= 4 is 18.1 Å². The number of aryl methyl sites for hydroxylation is 2. The fourth-order valence-electron chi connectivity index (χ4n) is 7.88. The molecule has 0 aromatic heterocycles. The fraction of sp³-hybridized carbons (Fsp3) is 0.333. The van der Waals surface area contributed by atoms with E-state index in [0.717, 1.165) is 0 Å². The number of fused-ring (bicyclic) bond motifs is 2. The standard InChI is InChI=1S/2C20H21.C2H7Si.Hf/c2*1-14-8-5-6-10-17(14)18-11-7-9-15-12-16(13-19(15)18)20(2,3)4;1-3-2;/h2*5-13H,1-4H3;3H,1-2H3;. The van der Waals surface area contributed by atoms with Gasteiger partial charge < -0.3 is 0 Å². The molecule has 0 aliphatic heterocycles. The summed E-state index contributed by atoms with van der Waals surface area (Å²) in [7, 11) is 0. The Bertz CT molecular complexity index is 1660. The molecule has 225 valence electrons. The van der Waals surface area contributed by atoms with Crippen LogP contribution in [0, 0.1) is 24.7 Å². The summed E-state index contributed by atoms with van der Waals surface area (Å²) < 4.78 is 1.24. The second-order valence-electron chi connectivity index (χ2n) is 15.5. The molecule has 44 heavy (non-hydrogen) atoms. The molecule has 2 heteroatoms. The summed E-state index contributed by atoms with van der Waals surface area (Å²) in [5.41, 5.74) is 18.3. The Morgan fingerprint density at radius 1 is 0.500 bits per heavy atom. The van der Waals surface area contributed by atoms with Crippen LogP contribution in [-0.2, 0) is 20.6 Å². The van der Waals surface area contributed by atoms with Gasteiger partial charge in [-0.3, -0.25) is 0 Å². The van der Waals surface area contributed by atoms with Crippen LogP contribution in [-0.4, -0.2) is 5.98 Å². The van der Waals surface area contributed by atoms with Crippen LogP contribution in [0.2, 0.25) is 13.1 Å². The van der Waals surface area contributed by atoms with Gasteiger partial charge in [-0.25, -0.2) is 0 Å². The van der Waals surface area contributed by atoms with Gasteiger partial charge in [0.05, 0.1) is 0 Å². The van der Waals surface area contributed by atoms with E-state index in [1.165, 1.54) is 44.5 Å². The van der Waals surface area contributed by atoms with Crippen molar-refractivity contribution in [2.75, 3.05) is 0 Å². The Morgan fingerprint density at radius 2 is 0.864 bits per heavy atom. The first-order valence-electron chi connectivity index (χ1n) is 16.5. The van der Waals surface area contributed by atoms with Crippen molar-refractivity contribution in [2.24, 2.45) is 10.8 Å². The van der Waals surface area contributed by atoms with Crippen LogP contribution in [0.5, 0.6) is 0 Å². The van der Waals surface area contributed by atoms with Gasteiger partial charge in [0.1, 0.15) is 0 Å². The average Bonchev–Trinajstić information content (AvgIpc) is 3.54. The predicted molar refractivity (Wildman–Crippen MR) is 192 cm³/mol. The van der Waals surface area contributed by atoms with E-state index in [9.17, 15) is 0 Å². The Kier molecular flexibility index (Phi) is 8.33. The van der Waals surface area contributed by atoms with Gasteiger partial charge >= 0.3 is 277 Å². The Hall–Kier alpha value is -2.55. The van der Waals surface area contributed by atoms with Crippen molar-refractivity contribution in [2.45, 2.75) is 75.8 Å². The van der Waals surface area contributed by atoms with Crippen LogP contribution in [0.3, 0.4) is 0 Å². The van der Waals surface area contributed by atoms with Crippen LogP contribution < -0.4 is 0 Å². The molecule has 4 aromatic carbocycles. The molecule has 0 N–H and O–H groups in total. The Labute approximate surface area is 275 Å². The van der Waals surface area contributed by atoms with E-state index < -0.39 is 26.6 Å². The molecule has 0 bridgehead atoms. The molecule has 2 atom stereocenters. The van der Waals surface area contributed by atoms with Crippen LogP contribution in [0.25, 0.3) is 34.4 Å². The van der Waals surface area contributed by atoms with E-state index in [0.29, 0.717) is 7.35 Å². The second-order valence-corrected chi connectivity index (χ2v) is 43.4. The second kappa shape index (κ2) is 11.7. The topological polar surface area (TPSA) is 0 Å². The van der Waals surface area contributed by atoms with Crippen molar-refractivity contribution in [3.05, 3.63) is 129 Å². The molecular formula is C42H49HfSi. The molecule has 0 fully saturated rings. The van der Waals surface area contributed by atoms with E-state index in [1.807, 2.05) is 0 Å². The van der Waals surface area contributed by atoms with Crippen LogP contribution in [0.4, 0.5) is 0 Å². The average molecular weight is 760 g/mol. The minimum atomic E-state index is -2.53. The molecule has 0 nitrogen and oxygen atoms in total. The first kappa shape index (κ1) is 31.4. The normalized spacial score (nSPS) is 17.8. The minimum absolute atomic E-state index is 0.127. The first-order valence-corrected chi connectivity index (χ1v) is 29.7. The molecule has 0 heterocycles. The summed E-state index contributed by atoms with van der Waals surface area (Å²) in [4.78, 5) is 0. The maximum absolute atomic E-state index is 2.70. The van der Waals surface area contributed by atoms with E-state index >= 15 is 0 Å². The van der Waals surface area contributed by atoms with Crippen molar-refractivity contribution in [3.8, 4) is 22.3 Å². The molecule has 2 aliphatic carbocycles. The van der Waals surface area contributed by atoms with E-state index in [-0.39, 0.29) is 10.8 Å². The van der Waals surface area contributed by atoms with Crippen LogP contribution in [0.15, 0.2) is 96.1 Å². The first-order chi connectivity index (χ1) is 20.8. The van der Waals surface area contributed by atoms with Crippen molar-refractivity contribution in [1.29, 1.82) is 0 Å². The number of hydrogen-bond donors (Lipinski definition) is 0. The molecule has 0 spiro atoms. The number of rotatable bonds is 5. The zero-order valence-electron chi connectivity index (χ0n) is 28.5. The van der Waals surface area contributed by atoms with Crippen molar-refractivity contribution in [1.82, 2.24) is 0 Å². The molecular weight excluding hydrogens is 711 g/mol. The number of benzene rings is 4. The van der Waals surface area contributed by atoms with Gasteiger partial charge in [-0.05, 0) is 0 Å². The number of hydrogen-bond acceptors (Lipinski definition) is 0. The summed E-state index contributed by atoms with van der Waals surface area (Å²) in [6.07, 6.45) is 5.31. The monoisotopic (exact) mass is 761 g/mol. The summed E-state index contributed by atoms with van der Waals surface area (Å²) in [5.74, 6) is -0.997. The van der Waals surface area contributed by atoms with Gasteiger partial charge in [-0.2, -0.15) is 0 Å². The summed E-state index contributed by atoms with van der Waals surface area (Å²) in [5, 5.41) is 0. The molecule has 0 saturated heterocycles. The molecule has 6 rings (SSSR count). The third-order valence-electron chi connectivity index (χ3n) is 10.1. The van der Waals surface area contributed by atoms with Gasteiger partial charge in [-0.15, -0.1) is 0 Å². The molecule has 2 unspecified atom stereocenters. The molecule has 2 aliphatic rings. The maximum atomic E-state index is 2.70. The summed E-state index contributed by atoms with van der Waals surface area (Å²) in [6, 6.07) is 32.4. The summed E-state index contributed by atoms with van der Waals surface area (Å²) >= 11 is -2.53. The van der Waals surface area contributed by atoms with E-state index in [2.05, 4.69) is 166 Å². The molecule has 0 radical (unpaired) electrons. The quantitative estimate of drug-likeness (QED) is 0.178. The van der Waals surface area contributed by atoms with Gasteiger partial charge in [0.15, 0.2) is 0 Å². The Morgan fingerprint density at radius 3 is 1.20 bits per heavy atom.